The molecule has 0 saturated heterocycles. The van der Waals surface area contributed by atoms with Gasteiger partial charge in [-0.05, 0) is 59.7 Å². The van der Waals surface area contributed by atoms with Crippen molar-refractivity contribution in [3.63, 3.8) is 0 Å². The molecule has 5 rings (SSSR count). The Kier molecular flexibility index (Phi) is 4.24. The van der Waals surface area contributed by atoms with Crippen LogP contribution >= 0.6 is 0 Å². The highest BCUT2D eigenvalue weighted by atomic mass is 16.2. The summed E-state index contributed by atoms with van der Waals surface area (Å²) in [5.41, 5.74) is 0.683. The van der Waals surface area contributed by atoms with E-state index < -0.39 is 17.2 Å². The number of anilines is 1. The van der Waals surface area contributed by atoms with E-state index in [1.165, 1.54) is 0 Å². The van der Waals surface area contributed by atoms with Crippen LogP contribution in [0.4, 0.5) is 5.69 Å². The van der Waals surface area contributed by atoms with Crippen LogP contribution in [0.5, 0.6) is 0 Å². The molecular formula is C20H17N7O3. The second kappa shape index (κ2) is 7.07. The van der Waals surface area contributed by atoms with E-state index >= 15 is 0 Å². The molecule has 1 aliphatic carbocycles. The van der Waals surface area contributed by atoms with E-state index in [1.54, 1.807) is 36.4 Å². The topological polar surface area (TPSA) is 128 Å². The van der Waals surface area contributed by atoms with Crippen molar-refractivity contribution in [3.05, 3.63) is 69.4 Å². The summed E-state index contributed by atoms with van der Waals surface area (Å²) in [7, 11) is 0. The molecule has 1 fully saturated rings. The van der Waals surface area contributed by atoms with Crippen LogP contribution in [0, 0.1) is 0 Å². The number of H-pyrrole nitrogens is 1. The number of rotatable bonds is 5. The van der Waals surface area contributed by atoms with Crippen molar-refractivity contribution in [1.29, 1.82) is 0 Å². The van der Waals surface area contributed by atoms with Gasteiger partial charge in [0.15, 0.2) is 5.82 Å². The fourth-order valence-corrected chi connectivity index (χ4v) is 3.34. The van der Waals surface area contributed by atoms with Crippen molar-refractivity contribution >= 4 is 22.5 Å². The number of carbonyl (C=O) groups excluding carboxylic acids is 1. The van der Waals surface area contributed by atoms with Gasteiger partial charge in [0, 0.05) is 11.3 Å². The predicted molar refractivity (Wildman–Crippen MR) is 109 cm³/mol. The summed E-state index contributed by atoms with van der Waals surface area (Å²) in [5.74, 6) is 0.207. The number of nitrogens with one attached hydrogen (secondary N) is 2. The van der Waals surface area contributed by atoms with E-state index in [2.05, 4.69) is 25.8 Å². The van der Waals surface area contributed by atoms with Crippen molar-refractivity contribution in [1.82, 2.24) is 29.8 Å². The molecule has 30 heavy (non-hydrogen) atoms. The Labute approximate surface area is 169 Å². The van der Waals surface area contributed by atoms with Crippen LogP contribution < -0.4 is 16.6 Å². The van der Waals surface area contributed by atoms with Gasteiger partial charge in [-0.15, -0.1) is 5.10 Å². The molecule has 2 aromatic carbocycles. The minimum atomic E-state index is -0.629. The fraction of sp³-hybridized carbons (Fsp3) is 0.200. The molecule has 0 unspecified atom stereocenters. The Hall–Kier alpha value is -4.08. The number of amides is 1. The zero-order valence-electron chi connectivity index (χ0n) is 15.8. The van der Waals surface area contributed by atoms with Gasteiger partial charge >= 0.3 is 5.69 Å². The number of carbonyl (C=O) groups is 1. The van der Waals surface area contributed by atoms with Crippen LogP contribution in [-0.4, -0.2) is 35.7 Å². The Morgan fingerprint density at radius 2 is 1.87 bits per heavy atom. The third kappa shape index (κ3) is 3.28. The molecule has 1 aliphatic rings. The second-order valence-electron chi connectivity index (χ2n) is 7.17. The fourth-order valence-electron chi connectivity index (χ4n) is 3.34. The molecule has 10 nitrogen and oxygen atoms in total. The van der Waals surface area contributed by atoms with E-state index in [1.807, 2.05) is 16.8 Å². The van der Waals surface area contributed by atoms with Crippen LogP contribution in [0.15, 0.2) is 58.1 Å². The Balaban J connectivity index is 1.34. The summed E-state index contributed by atoms with van der Waals surface area (Å²) in [4.78, 5) is 39.8. The molecule has 4 aromatic rings. The first-order chi connectivity index (χ1) is 14.6. The van der Waals surface area contributed by atoms with Gasteiger partial charge in [-0.1, -0.05) is 12.1 Å². The normalized spacial score (nSPS) is 13.5. The summed E-state index contributed by atoms with van der Waals surface area (Å²) >= 11 is 0. The number of para-hydroxylation sites is 1. The van der Waals surface area contributed by atoms with E-state index in [0.29, 0.717) is 28.5 Å². The lowest BCUT2D eigenvalue weighted by molar-refractivity contribution is -0.116. The summed E-state index contributed by atoms with van der Waals surface area (Å²) in [6.45, 7) is -0.388. The molecule has 0 atom stereocenters. The van der Waals surface area contributed by atoms with E-state index in [-0.39, 0.29) is 6.54 Å². The summed E-state index contributed by atoms with van der Waals surface area (Å²) < 4.78 is 2.70. The Morgan fingerprint density at radius 1 is 1.10 bits per heavy atom. The number of nitrogens with zero attached hydrogens (tertiary/aromatic N) is 5. The number of aromatic amines is 1. The van der Waals surface area contributed by atoms with Gasteiger partial charge in [0.2, 0.25) is 5.91 Å². The van der Waals surface area contributed by atoms with Crippen molar-refractivity contribution in [2.24, 2.45) is 0 Å². The van der Waals surface area contributed by atoms with Gasteiger partial charge in [0.1, 0.15) is 6.54 Å². The number of hydrogen-bond donors (Lipinski definition) is 2. The summed E-state index contributed by atoms with van der Waals surface area (Å²) in [6, 6.07) is 14.1. The zero-order chi connectivity index (χ0) is 20.7. The first-order valence-corrected chi connectivity index (χ1v) is 9.50. The lowest BCUT2D eigenvalue weighted by Crippen LogP contribution is -2.38. The quantitative estimate of drug-likeness (QED) is 0.517. The molecule has 1 amide bonds. The maximum atomic E-state index is 12.5. The predicted octanol–water partition coefficient (Wildman–Crippen LogP) is 1.32. The van der Waals surface area contributed by atoms with Crippen LogP contribution in [-0.2, 0) is 11.3 Å². The molecular weight excluding hydrogens is 386 g/mol. The van der Waals surface area contributed by atoms with Crippen LogP contribution in [0.3, 0.4) is 0 Å². The molecule has 0 bridgehead atoms. The smallest absolute Gasteiger partial charge is 0.325 e. The van der Waals surface area contributed by atoms with Gasteiger partial charge in [-0.2, -0.15) is 0 Å². The van der Waals surface area contributed by atoms with E-state index in [9.17, 15) is 14.4 Å². The maximum Gasteiger partial charge on any atom is 0.329 e. The molecule has 2 N–H and O–H groups in total. The molecule has 2 aromatic heterocycles. The molecule has 2 heterocycles. The molecule has 0 spiro atoms. The Bertz CT molecular complexity index is 1360. The van der Waals surface area contributed by atoms with Crippen LogP contribution in [0.25, 0.3) is 22.3 Å². The van der Waals surface area contributed by atoms with Crippen LogP contribution in [0.2, 0.25) is 0 Å². The Morgan fingerprint density at radius 3 is 2.63 bits per heavy atom. The largest absolute Gasteiger partial charge is 0.329 e. The average molecular weight is 403 g/mol. The number of benzene rings is 2. The lowest BCUT2D eigenvalue weighted by atomic mass is 10.2. The SMILES string of the molecule is O=C(Cn1c(=O)[nH]c2ccccc2c1=O)Nc1ccc(-c2nnnn2C2CC2)cc1. The van der Waals surface area contributed by atoms with Gasteiger partial charge in [0.05, 0.1) is 16.9 Å². The first kappa shape index (κ1) is 18.0. The lowest BCUT2D eigenvalue weighted by Gasteiger charge is -2.09. The molecule has 0 aliphatic heterocycles. The van der Waals surface area contributed by atoms with Crippen molar-refractivity contribution in [3.8, 4) is 11.4 Å². The molecule has 0 radical (unpaired) electrons. The van der Waals surface area contributed by atoms with Gasteiger partial charge in [0.25, 0.3) is 5.56 Å². The average Bonchev–Trinajstić information content (AvgIpc) is 3.48. The monoisotopic (exact) mass is 403 g/mol. The van der Waals surface area contributed by atoms with E-state index in [4.69, 9.17) is 0 Å². The van der Waals surface area contributed by atoms with Crippen molar-refractivity contribution < 1.29 is 4.79 Å². The number of tetrazole rings is 1. The van der Waals surface area contributed by atoms with Crippen molar-refractivity contribution in [2.75, 3.05) is 5.32 Å². The van der Waals surface area contributed by atoms with Gasteiger partial charge in [-0.25, -0.2) is 9.48 Å². The highest BCUT2D eigenvalue weighted by Crippen LogP contribution is 2.36. The first-order valence-electron chi connectivity index (χ1n) is 9.50. The number of hydrogen-bond acceptors (Lipinski definition) is 6. The molecule has 1 saturated carbocycles. The highest BCUT2D eigenvalue weighted by molar-refractivity contribution is 5.91. The minimum Gasteiger partial charge on any atom is -0.325 e. The molecule has 150 valence electrons. The standard InChI is InChI=1S/C20H17N7O3/c28-17(11-26-19(29)15-3-1-2-4-16(15)22-20(26)30)21-13-7-5-12(6-8-13)18-23-24-25-27(18)14-9-10-14/h1-8,14H,9-11H2,(H,21,28)(H,22,30). The molecule has 10 heteroatoms. The minimum absolute atomic E-state index is 0.350. The summed E-state index contributed by atoms with van der Waals surface area (Å²) in [6.07, 6.45) is 2.14. The number of fused-ring (bicyclic) bond motifs is 1. The second-order valence-corrected chi connectivity index (χ2v) is 7.17. The zero-order valence-corrected chi connectivity index (χ0v) is 15.8. The number of aromatic nitrogens is 6. The summed E-state index contributed by atoms with van der Waals surface area (Å²) in [5, 5.41) is 14.9. The van der Waals surface area contributed by atoms with Gasteiger partial charge < -0.3 is 10.3 Å². The highest BCUT2D eigenvalue weighted by Gasteiger charge is 2.28. The third-order valence-corrected chi connectivity index (χ3v) is 5.00. The van der Waals surface area contributed by atoms with Gasteiger partial charge in [-0.3, -0.25) is 14.2 Å². The van der Waals surface area contributed by atoms with Crippen LogP contribution in [0.1, 0.15) is 18.9 Å². The van der Waals surface area contributed by atoms with E-state index in [0.717, 1.165) is 23.0 Å². The maximum absolute atomic E-state index is 12.5. The van der Waals surface area contributed by atoms with Crippen molar-refractivity contribution in [2.45, 2.75) is 25.4 Å². The third-order valence-electron chi connectivity index (χ3n) is 5.00.